The molecule has 3 heterocycles. The molecule has 4 rings (SSSR count). The highest BCUT2D eigenvalue weighted by molar-refractivity contribution is 5.95. The first-order valence-electron chi connectivity index (χ1n) is 8.93. The van der Waals surface area contributed by atoms with Gasteiger partial charge in [-0.1, -0.05) is 5.16 Å². The van der Waals surface area contributed by atoms with Gasteiger partial charge in [-0.05, 0) is 44.1 Å². The van der Waals surface area contributed by atoms with Gasteiger partial charge in [-0.3, -0.25) is 9.48 Å². The fraction of sp³-hybridized carbons (Fsp3) is 0.611. The molecule has 2 aromatic heterocycles. The normalized spacial score (nSPS) is 23.4. The van der Waals surface area contributed by atoms with E-state index in [0.29, 0.717) is 23.8 Å². The van der Waals surface area contributed by atoms with Crippen molar-refractivity contribution in [3.63, 3.8) is 0 Å². The van der Waals surface area contributed by atoms with Crippen molar-refractivity contribution in [1.29, 1.82) is 0 Å². The molecule has 0 aromatic carbocycles. The summed E-state index contributed by atoms with van der Waals surface area (Å²) in [6.07, 6.45) is 9.60. The number of hydrogen-bond donors (Lipinski definition) is 0. The Morgan fingerprint density at radius 1 is 1.36 bits per heavy atom. The molecule has 7 nitrogen and oxygen atoms in total. The van der Waals surface area contributed by atoms with Crippen molar-refractivity contribution in [3.8, 4) is 0 Å². The lowest BCUT2D eigenvalue weighted by Crippen LogP contribution is -2.42. The van der Waals surface area contributed by atoms with Gasteiger partial charge in [0.25, 0.3) is 5.91 Å². The molecule has 0 unspecified atom stereocenters. The minimum Gasteiger partial charge on any atom is -0.376 e. The van der Waals surface area contributed by atoms with E-state index in [-0.39, 0.29) is 18.1 Å². The molecular weight excluding hydrogens is 320 g/mol. The Kier molecular flexibility index (Phi) is 4.33. The summed E-state index contributed by atoms with van der Waals surface area (Å²) in [5.74, 6) is 1.25. The van der Waals surface area contributed by atoms with Crippen molar-refractivity contribution in [2.45, 2.75) is 44.8 Å². The topological polar surface area (TPSA) is 73.4 Å². The van der Waals surface area contributed by atoms with E-state index in [9.17, 15) is 4.79 Å². The second kappa shape index (κ2) is 6.63. The predicted molar refractivity (Wildman–Crippen MR) is 90.1 cm³/mol. The molecule has 2 atom stereocenters. The van der Waals surface area contributed by atoms with Crippen LogP contribution in [0, 0.1) is 12.8 Å². The van der Waals surface area contributed by atoms with Gasteiger partial charge in [0.15, 0.2) is 0 Å². The monoisotopic (exact) mass is 344 g/mol. The molecule has 0 radical (unpaired) electrons. The van der Waals surface area contributed by atoms with E-state index >= 15 is 0 Å². The molecule has 0 bridgehead atoms. The molecule has 1 saturated heterocycles. The van der Waals surface area contributed by atoms with Crippen molar-refractivity contribution < 1.29 is 14.1 Å². The van der Waals surface area contributed by atoms with Crippen LogP contribution in [-0.2, 0) is 18.2 Å². The molecule has 1 amide bonds. The number of ether oxygens (including phenoxy) is 1. The Morgan fingerprint density at radius 2 is 2.20 bits per heavy atom. The van der Waals surface area contributed by atoms with E-state index in [1.165, 1.54) is 19.0 Å². The molecule has 1 saturated carbocycles. The summed E-state index contributed by atoms with van der Waals surface area (Å²) in [5.41, 5.74) is 1.66. The summed E-state index contributed by atoms with van der Waals surface area (Å²) in [4.78, 5) is 14.9. The van der Waals surface area contributed by atoms with Crippen LogP contribution in [0.3, 0.4) is 0 Å². The molecular formula is C18H24N4O3. The van der Waals surface area contributed by atoms with Gasteiger partial charge in [-0.25, -0.2) is 0 Å². The van der Waals surface area contributed by atoms with Gasteiger partial charge < -0.3 is 14.2 Å². The molecule has 1 aliphatic carbocycles. The van der Waals surface area contributed by atoms with Crippen LogP contribution in [0.25, 0.3) is 0 Å². The lowest BCUT2D eigenvalue weighted by molar-refractivity contribution is 0.0199. The van der Waals surface area contributed by atoms with Crippen LogP contribution in [0.5, 0.6) is 0 Å². The summed E-state index contributed by atoms with van der Waals surface area (Å²) >= 11 is 0. The number of likely N-dealkylation sites (tertiary alicyclic amines) is 1. The van der Waals surface area contributed by atoms with Gasteiger partial charge in [0.1, 0.15) is 11.3 Å². The first-order valence-corrected chi connectivity index (χ1v) is 8.93. The number of hydrogen-bond acceptors (Lipinski definition) is 5. The second-order valence-electron chi connectivity index (χ2n) is 7.19. The summed E-state index contributed by atoms with van der Waals surface area (Å²) < 4.78 is 13.1. The maximum Gasteiger partial charge on any atom is 0.259 e. The lowest BCUT2D eigenvalue weighted by Gasteiger charge is -2.28. The van der Waals surface area contributed by atoms with Gasteiger partial charge in [-0.15, -0.1) is 0 Å². The van der Waals surface area contributed by atoms with E-state index < -0.39 is 0 Å². The van der Waals surface area contributed by atoms with E-state index in [4.69, 9.17) is 9.26 Å². The quantitative estimate of drug-likeness (QED) is 0.801. The van der Waals surface area contributed by atoms with E-state index in [1.54, 1.807) is 11.6 Å². The van der Waals surface area contributed by atoms with Gasteiger partial charge in [0, 0.05) is 26.4 Å². The predicted octanol–water partition coefficient (Wildman–Crippen LogP) is 1.97. The van der Waals surface area contributed by atoms with Crippen LogP contribution >= 0.6 is 0 Å². The average molecular weight is 344 g/mol. The standard InChI is InChI=1S/C18H24N4O3/c1-12-15(9-20-25-12)18(23)22-6-5-17(24-11-13-3-4-13)16(22)7-14-8-19-21(2)10-14/h8-10,13,16-17H,3-7,11H2,1-2H3/t16-,17-/m1/s1. The lowest BCUT2D eigenvalue weighted by atomic mass is 10.0. The number of amides is 1. The first kappa shape index (κ1) is 16.3. The Balaban J connectivity index is 1.53. The molecule has 2 aromatic rings. The highest BCUT2D eigenvalue weighted by Crippen LogP contribution is 2.32. The Labute approximate surface area is 146 Å². The summed E-state index contributed by atoms with van der Waals surface area (Å²) in [5, 5.41) is 8.00. The molecule has 0 N–H and O–H groups in total. The van der Waals surface area contributed by atoms with Crippen LogP contribution in [0.4, 0.5) is 0 Å². The zero-order valence-corrected chi connectivity index (χ0v) is 14.7. The van der Waals surface area contributed by atoms with Crippen molar-refractivity contribution in [3.05, 3.63) is 35.5 Å². The summed E-state index contributed by atoms with van der Waals surface area (Å²) in [7, 11) is 1.91. The van der Waals surface area contributed by atoms with Crippen LogP contribution in [0.15, 0.2) is 23.1 Å². The van der Waals surface area contributed by atoms with Crippen LogP contribution in [0.2, 0.25) is 0 Å². The maximum atomic E-state index is 13.0. The van der Waals surface area contributed by atoms with Gasteiger partial charge in [0.2, 0.25) is 0 Å². The fourth-order valence-electron chi connectivity index (χ4n) is 3.54. The Bertz CT molecular complexity index is 749. The number of carbonyl (C=O) groups is 1. The summed E-state index contributed by atoms with van der Waals surface area (Å²) in [6.45, 7) is 3.28. The molecule has 25 heavy (non-hydrogen) atoms. The third-order valence-corrected chi connectivity index (χ3v) is 5.17. The molecule has 7 heteroatoms. The molecule has 1 aliphatic heterocycles. The smallest absolute Gasteiger partial charge is 0.259 e. The third kappa shape index (κ3) is 3.46. The van der Waals surface area contributed by atoms with Crippen molar-refractivity contribution in [1.82, 2.24) is 19.8 Å². The van der Waals surface area contributed by atoms with E-state index in [0.717, 1.165) is 25.0 Å². The molecule has 2 aliphatic rings. The Hall–Kier alpha value is -2.15. The molecule has 134 valence electrons. The average Bonchev–Trinajstić information content (AvgIpc) is 2.97. The van der Waals surface area contributed by atoms with Crippen molar-refractivity contribution in [2.75, 3.05) is 13.2 Å². The summed E-state index contributed by atoms with van der Waals surface area (Å²) in [6, 6.07) is 0.0183. The van der Waals surface area contributed by atoms with Crippen LogP contribution in [-0.4, -0.2) is 51.0 Å². The second-order valence-corrected chi connectivity index (χ2v) is 7.19. The fourth-order valence-corrected chi connectivity index (χ4v) is 3.54. The Morgan fingerprint density at radius 3 is 2.84 bits per heavy atom. The molecule has 2 fully saturated rings. The van der Waals surface area contributed by atoms with Crippen molar-refractivity contribution >= 4 is 5.91 Å². The number of rotatable bonds is 6. The molecule has 0 spiro atoms. The number of nitrogens with zero attached hydrogens (tertiary/aromatic N) is 4. The third-order valence-electron chi connectivity index (χ3n) is 5.17. The highest BCUT2D eigenvalue weighted by atomic mass is 16.5. The number of aromatic nitrogens is 3. The van der Waals surface area contributed by atoms with Crippen LogP contribution < -0.4 is 0 Å². The van der Waals surface area contributed by atoms with Gasteiger partial charge in [-0.2, -0.15) is 5.10 Å². The SMILES string of the molecule is Cc1oncc1C(=O)N1CC[C@@H](OCC2CC2)[C@H]1Cc1cnn(C)c1. The van der Waals surface area contributed by atoms with Gasteiger partial charge >= 0.3 is 0 Å². The first-order chi connectivity index (χ1) is 12.1. The number of carbonyl (C=O) groups excluding carboxylic acids is 1. The van der Waals surface area contributed by atoms with Crippen molar-refractivity contribution in [2.24, 2.45) is 13.0 Å². The highest BCUT2D eigenvalue weighted by Gasteiger charge is 2.40. The maximum absolute atomic E-state index is 13.0. The van der Waals surface area contributed by atoms with E-state index in [1.807, 2.05) is 24.3 Å². The zero-order chi connectivity index (χ0) is 17.4. The minimum atomic E-state index is -0.0230. The number of aryl methyl sites for hydroxylation is 2. The van der Waals surface area contributed by atoms with Gasteiger partial charge in [0.05, 0.1) is 24.5 Å². The van der Waals surface area contributed by atoms with Crippen LogP contribution in [0.1, 0.15) is 40.9 Å². The van der Waals surface area contributed by atoms with E-state index in [2.05, 4.69) is 10.3 Å². The largest absolute Gasteiger partial charge is 0.376 e. The zero-order valence-electron chi connectivity index (χ0n) is 14.7. The minimum absolute atomic E-state index is 0.0183.